The van der Waals surface area contributed by atoms with Gasteiger partial charge in [0.2, 0.25) is 0 Å². The van der Waals surface area contributed by atoms with Gasteiger partial charge >= 0.3 is 0 Å². The van der Waals surface area contributed by atoms with Crippen LogP contribution in [0.3, 0.4) is 0 Å². The van der Waals surface area contributed by atoms with Crippen molar-refractivity contribution in [2.75, 3.05) is 0 Å². The number of benzene rings is 3. The third-order valence-corrected chi connectivity index (χ3v) is 5.09. The fraction of sp³-hybridized carbons (Fsp3) is 0.174. The summed E-state index contributed by atoms with van der Waals surface area (Å²) in [5, 5.41) is 0.721. The van der Waals surface area contributed by atoms with Crippen LogP contribution in [0.1, 0.15) is 30.9 Å². The van der Waals surface area contributed by atoms with Crippen LogP contribution in [0.5, 0.6) is 0 Å². The first-order valence-corrected chi connectivity index (χ1v) is 9.30. The van der Waals surface area contributed by atoms with E-state index in [1.165, 1.54) is 11.1 Å². The number of hydrogen-bond acceptors (Lipinski definition) is 1. The van der Waals surface area contributed by atoms with Crippen molar-refractivity contribution < 1.29 is 0 Å². The molecule has 0 N–H and O–H groups in total. The van der Waals surface area contributed by atoms with E-state index < -0.39 is 0 Å². The predicted octanol–water partition coefficient (Wildman–Crippen LogP) is 6.53. The van der Waals surface area contributed by atoms with Crippen molar-refractivity contribution in [2.45, 2.75) is 26.3 Å². The molecule has 4 rings (SSSR count). The molecule has 1 heterocycles. The van der Waals surface area contributed by atoms with Crippen LogP contribution in [0.2, 0.25) is 5.02 Å². The summed E-state index contributed by atoms with van der Waals surface area (Å²) in [6.07, 6.45) is 0. The van der Waals surface area contributed by atoms with E-state index in [-0.39, 0.29) is 0 Å². The van der Waals surface area contributed by atoms with E-state index in [9.17, 15) is 0 Å². The first kappa shape index (κ1) is 16.9. The Hall–Kier alpha value is -2.58. The van der Waals surface area contributed by atoms with E-state index in [4.69, 9.17) is 16.6 Å². The SMILES string of the molecule is CC(C)c1ccc(Cn2c(-c3ccccc3Cl)nc3ccccc32)cc1. The lowest BCUT2D eigenvalue weighted by atomic mass is 10.0. The maximum atomic E-state index is 6.46. The van der Waals surface area contributed by atoms with Gasteiger partial charge in [-0.2, -0.15) is 0 Å². The summed E-state index contributed by atoms with van der Waals surface area (Å²) in [6, 6.07) is 25.0. The Morgan fingerprint density at radius 2 is 1.58 bits per heavy atom. The summed E-state index contributed by atoms with van der Waals surface area (Å²) in [5.41, 5.74) is 5.68. The second kappa shape index (κ2) is 6.97. The lowest BCUT2D eigenvalue weighted by Crippen LogP contribution is -2.03. The standard InChI is InChI=1S/C23H21ClN2/c1-16(2)18-13-11-17(12-14-18)15-26-22-10-6-5-9-21(22)25-23(26)19-7-3-4-8-20(19)24/h3-14,16H,15H2,1-2H3. The van der Waals surface area contributed by atoms with Crippen LogP contribution < -0.4 is 0 Å². The van der Waals surface area contributed by atoms with Crippen molar-refractivity contribution in [1.29, 1.82) is 0 Å². The molecule has 0 atom stereocenters. The molecule has 0 fully saturated rings. The Balaban J connectivity index is 1.83. The van der Waals surface area contributed by atoms with E-state index in [1.807, 2.05) is 36.4 Å². The Bertz CT molecular complexity index is 1050. The first-order chi connectivity index (χ1) is 12.6. The van der Waals surface area contributed by atoms with Gasteiger partial charge in [-0.05, 0) is 41.3 Å². The van der Waals surface area contributed by atoms with Gasteiger partial charge in [0.1, 0.15) is 5.82 Å². The lowest BCUT2D eigenvalue weighted by Gasteiger charge is -2.12. The maximum Gasteiger partial charge on any atom is 0.142 e. The molecule has 3 aromatic carbocycles. The van der Waals surface area contributed by atoms with Gasteiger partial charge in [-0.15, -0.1) is 0 Å². The molecule has 0 unspecified atom stereocenters. The number of aromatic nitrogens is 2. The Morgan fingerprint density at radius 1 is 0.885 bits per heavy atom. The van der Waals surface area contributed by atoms with E-state index >= 15 is 0 Å². The minimum absolute atomic E-state index is 0.539. The number of rotatable bonds is 4. The molecular weight excluding hydrogens is 340 g/mol. The molecule has 0 aliphatic rings. The molecule has 0 radical (unpaired) electrons. The molecule has 0 amide bonds. The molecular formula is C23H21ClN2. The maximum absolute atomic E-state index is 6.46. The summed E-state index contributed by atoms with van der Waals surface area (Å²) >= 11 is 6.46. The third-order valence-electron chi connectivity index (χ3n) is 4.76. The fourth-order valence-corrected chi connectivity index (χ4v) is 3.49. The van der Waals surface area contributed by atoms with Gasteiger partial charge in [0.25, 0.3) is 0 Å². The Morgan fingerprint density at radius 3 is 2.31 bits per heavy atom. The summed E-state index contributed by atoms with van der Waals surface area (Å²) in [7, 11) is 0. The van der Waals surface area contributed by atoms with Crippen LogP contribution in [0.15, 0.2) is 72.8 Å². The minimum Gasteiger partial charge on any atom is -0.319 e. The minimum atomic E-state index is 0.539. The first-order valence-electron chi connectivity index (χ1n) is 8.92. The van der Waals surface area contributed by atoms with Crippen LogP contribution in [-0.4, -0.2) is 9.55 Å². The summed E-state index contributed by atoms with van der Waals surface area (Å²) in [6.45, 7) is 5.20. The van der Waals surface area contributed by atoms with Crippen molar-refractivity contribution in [1.82, 2.24) is 9.55 Å². The Labute approximate surface area is 159 Å². The van der Waals surface area contributed by atoms with Crippen LogP contribution in [0.4, 0.5) is 0 Å². The molecule has 2 nitrogen and oxygen atoms in total. The molecule has 130 valence electrons. The lowest BCUT2D eigenvalue weighted by molar-refractivity contribution is 0.827. The fourth-order valence-electron chi connectivity index (χ4n) is 3.27. The summed E-state index contributed by atoms with van der Waals surface area (Å²) < 4.78 is 2.25. The van der Waals surface area contributed by atoms with Gasteiger partial charge in [-0.3, -0.25) is 0 Å². The van der Waals surface area contributed by atoms with E-state index in [1.54, 1.807) is 0 Å². The van der Waals surface area contributed by atoms with Gasteiger partial charge in [-0.1, -0.05) is 74.0 Å². The quantitative estimate of drug-likeness (QED) is 0.404. The zero-order valence-corrected chi connectivity index (χ0v) is 15.7. The van der Waals surface area contributed by atoms with Crippen molar-refractivity contribution in [3.63, 3.8) is 0 Å². The molecule has 0 aliphatic carbocycles. The molecule has 0 spiro atoms. The molecule has 3 heteroatoms. The van der Waals surface area contributed by atoms with Crippen LogP contribution in [0.25, 0.3) is 22.4 Å². The van der Waals surface area contributed by atoms with Gasteiger partial charge in [-0.25, -0.2) is 4.98 Å². The number of para-hydroxylation sites is 2. The zero-order chi connectivity index (χ0) is 18.1. The molecule has 0 bridgehead atoms. The number of halogens is 1. The van der Waals surface area contributed by atoms with Gasteiger partial charge < -0.3 is 4.57 Å². The number of imidazole rings is 1. The molecule has 4 aromatic rings. The smallest absolute Gasteiger partial charge is 0.142 e. The molecule has 0 saturated heterocycles. The Kier molecular flexibility index (Phi) is 4.52. The number of nitrogens with zero attached hydrogens (tertiary/aromatic N) is 2. The average Bonchev–Trinajstić information content (AvgIpc) is 3.01. The second-order valence-electron chi connectivity index (χ2n) is 6.89. The normalized spacial score (nSPS) is 11.4. The zero-order valence-electron chi connectivity index (χ0n) is 15.0. The largest absolute Gasteiger partial charge is 0.319 e. The summed E-state index contributed by atoms with van der Waals surface area (Å²) in [5.74, 6) is 1.45. The van der Waals surface area contributed by atoms with Crippen LogP contribution >= 0.6 is 11.6 Å². The van der Waals surface area contributed by atoms with Crippen LogP contribution in [0, 0.1) is 0 Å². The van der Waals surface area contributed by atoms with E-state index in [2.05, 4.69) is 54.8 Å². The number of hydrogen-bond donors (Lipinski definition) is 0. The van der Waals surface area contributed by atoms with E-state index in [0.717, 1.165) is 34.0 Å². The van der Waals surface area contributed by atoms with Crippen molar-refractivity contribution in [3.05, 3.63) is 88.9 Å². The molecule has 0 aliphatic heterocycles. The highest BCUT2D eigenvalue weighted by Crippen LogP contribution is 2.31. The summed E-state index contributed by atoms with van der Waals surface area (Å²) in [4.78, 5) is 4.86. The van der Waals surface area contributed by atoms with Crippen molar-refractivity contribution >= 4 is 22.6 Å². The average molecular weight is 361 g/mol. The van der Waals surface area contributed by atoms with Crippen molar-refractivity contribution in [2.24, 2.45) is 0 Å². The monoisotopic (exact) mass is 360 g/mol. The highest BCUT2D eigenvalue weighted by Gasteiger charge is 2.15. The molecule has 26 heavy (non-hydrogen) atoms. The highest BCUT2D eigenvalue weighted by atomic mass is 35.5. The van der Waals surface area contributed by atoms with Crippen molar-refractivity contribution in [3.8, 4) is 11.4 Å². The van der Waals surface area contributed by atoms with Gasteiger partial charge in [0.15, 0.2) is 0 Å². The third kappa shape index (κ3) is 3.13. The topological polar surface area (TPSA) is 17.8 Å². The second-order valence-corrected chi connectivity index (χ2v) is 7.29. The molecule has 1 aromatic heterocycles. The predicted molar refractivity (Wildman–Crippen MR) is 110 cm³/mol. The van der Waals surface area contributed by atoms with Gasteiger partial charge in [0, 0.05) is 12.1 Å². The van der Waals surface area contributed by atoms with Gasteiger partial charge in [0.05, 0.1) is 16.1 Å². The highest BCUT2D eigenvalue weighted by molar-refractivity contribution is 6.33. The molecule has 0 saturated carbocycles. The van der Waals surface area contributed by atoms with Crippen LogP contribution in [-0.2, 0) is 6.54 Å². The van der Waals surface area contributed by atoms with E-state index in [0.29, 0.717) is 5.92 Å². The number of fused-ring (bicyclic) bond motifs is 1.